The van der Waals surface area contributed by atoms with Gasteiger partial charge in [0.05, 0.1) is 20.8 Å². The maximum absolute atomic E-state index is 13.3. The summed E-state index contributed by atoms with van der Waals surface area (Å²) in [6.45, 7) is 9.07. The first kappa shape index (κ1) is 26.2. The van der Waals surface area contributed by atoms with E-state index in [-0.39, 0.29) is 10.8 Å². The third-order valence-electron chi connectivity index (χ3n) is 6.92. The molecule has 0 atom stereocenters. The summed E-state index contributed by atoms with van der Waals surface area (Å²) < 4.78 is 29.1. The molecular formula is C29H32N4O3S2. The Balaban J connectivity index is 1.26. The second-order valence-electron chi connectivity index (χ2n) is 9.65. The maximum atomic E-state index is 13.3. The number of sulfonamides is 1. The zero-order valence-electron chi connectivity index (χ0n) is 21.9. The number of thiazole rings is 1. The van der Waals surface area contributed by atoms with Crippen molar-refractivity contribution in [3.8, 4) is 0 Å². The predicted octanol–water partition coefficient (Wildman–Crippen LogP) is 5.60. The van der Waals surface area contributed by atoms with Crippen molar-refractivity contribution < 1.29 is 13.2 Å². The molecule has 3 aromatic carbocycles. The van der Waals surface area contributed by atoms with E-state index in [1.165, 1.54) is 26.7 Å². The molecule has 1 aliphatic rings. The summed E-state index contributed by atoms with van der Waals surface area (Å²) in [6, 6.07) is 21.7. The number of amides is 1. The molecule has 1 amide bonds. The van der Waals surface area contributed by atoms with Crippen LogP contribution < -0.4 is 9.21 Å². The van der Waals surface area contributed by atoms with Crippen LogP contribution in [0.25, 0.3) is 10.2 Å². The lowest BCUT2D eigenvalue weighted by atomic mass is 10.0. The van der Waals surface area contributed by atoms with E-state index < -0.39 is 10.0 Å². The summed E-state index contributed by atoms with van der Waals surface area (Å²) in [5.74, 6) is 0.322. The van der Waals surface area contributed by atoms with Gasteiger partial charge in [0.25, 0.3) is 15.9 Å². The van der Waals surface area contributed by atoms with Crippen LogP contribution in [0.5, 0.6) is 0 Å². The summed E-state index contributed by atoms with van der Waals surface area (Å²) >= 11 is 1.70. The van der Waals surface area contributed by atoms with Gasteiger partial charge in [-0.15, -0.1) is 0 Å². The van der Waals surface area contributed by atoms with Gasteiger partial charge < -0.3 is 9.80 Å². The smallest absolute Gasteiger partial charge is 0.264 e. The number of anilines is 2. The van der Waals surface area contributed by atoms with Gasteiger partial charge in [0.15, 0.2) is 5.13 Å². The molecule has 0 spiro atoms. The predicted molar refractivity (Wildman–Crippen MR) is 155 cm³/mol. The number of hydrogen-bond donors (Lipinski definition) is 0. The second-order valence-corrected chi connectivity index (χ2v) is 12.5. The maximum Gasteiger partial charge on any atom is 0.264 e. The van der Waals surface area contributed by atoms with Gasteiger partial charge in [0.1, 0.15) is 0 Å². The first-order valence-electron chi connectivity index (χ1n) is 12.9. The molecule has 5 rings (SSSR count). The van der Waals surface area contributed by atoms with Crippen LogP contribution in [0.2, 0.25) is 0 Å². The van der Waals surface area contributed by atoms with Gasteiger partial charge in [-0.1, -0.05) is 55.5 Å². The molecule has 1 aliphatic heterocycles. The van der Waals surface area contributed by atoms with E-state index in [2.05, 4.69) is 36.9 Å². The standard InChI is InChI=1S/C29H32N4O3S2/c1-4-33(23-9-6-5-7-10-23)38(35,36)24-15-13-22(14-16-24)28(34)31-17-19-32(20-18-31)29-30-27-25(21(2)3)11-8-12-26(27)37-29/h5-16,21H,4,17-20H2,1-3H3. The van der Waals surface area contributed by atoms with Crippen molar-refractivity contribution >= 4 is 48.3 Å². The van der Waals surface area contributed by atoms with Gasteiger partial charge in [0, 0.05) is 38.3 Å². The van der Waals surface area contributed by atoms with E-state index in [0.717, 1.165) is 10.6 Å². The molecule has 0 unspecified atom stereocenters. The number of nitrogens with zero attached hydrogens (tertiary/aromatic N) is 4. The molecule has 1 saturated heterocycles. The molecule has 0 saturated carbocycles. The third kappa shape index (κ3) is 5.00. The van der Waals surface area contributed by atoms with E-state index in [1.54, 1.807) is 42.5 Å². The van der Waals surface area contributed by atoms with Crippen LogP contribution in [0.4, 0.5) is 10.8 Å². The Kier molecular flexibility index (Phi) is 7.40. The van der Waals surface area contributed by atoms with Crippen LogP contribution >= 0.6 is 11.3 Å². The summed E-state index contributed by atoms with van der Waals surface area (Å²) in [6.07, 6.45) is 0. The Morgan fingerprint density at radius 3 is 2.26 bits per heavy atom. The topological polar surface area (TPSA) is 73.8 Å². The average Bonchev–Trinajstić information content (AvgIpc) is 3.38. The molecule has 0 radical (unpaired) electrons. The Morgan fingerprint density at radius 2 is 1.63 bits per heavy atom. The lowest BCUT2D eigenvalue weighted by Crippen LogP contribution is -2.48. The molecule has 9 heteroatoms. The second kappa shape index (κ2) is 10.7. The van der Waals surface area contributed by atoms with E-state index in [4.69, 9.17) is 4.98 Å². The zero-order valence-corrected chi connectivity index (χ0v) is 23.5. The van der Waals surface area contributed by atoms with Crippen LogP contribution in [0.1, 0.15) is 42.6 Å². The van der Waals surface area contributed by atoms with Gasteiger partial charge in [-0.25, -0.2) is 13.4 Å². The van der Waals surface area contributed by atoms with Gasteiger partial charge >= 0.3 is 0 Å². The molecule has 38 heavy (non-hydrogen) atoms. The zero-order chi connectivity index (χ0) is 26.9. The largest absolute Gasteiger partial charge is 0.345 e. The molecule has 4 aromatic rings. The fourth-order valence-electron chi connectivity index (χ4n) is 4.82. The van der Waals surface area contributed by atoms with E-state index in [0.29, 0.717) is 49.9 Å². The van der Waals surface area contributed by atoms with E-state index >= 15 is 0 Å². The van der Waals surface area contributed by atoms with Crippen molar-refractivity contribution in [1.82, 2.24) is 9.88 Å². The van der Waals surface area contributed by atoms with E-state index in [1.807, 2.05) is 23.1 Å². The lowest BCUT2D eigenvalue weighted by Gasteiger charge is -2.34. The minimum atomic E-state index is -3.73. The molecule has 0 bridgehead atoms. The molecule has 0 N–H and O–H groups in total. The van der Waals surface area contributed by atoms with Crippen molar-refractivity contribution in [2.45, 2.75) is 31.6 Å². The molecule has 2 heterocycles. The number of carbonyl (C=O) groups is 1. The summed E-state index contributed by atoms with van der Waals surface area (Å²) in [7, 11) is -3.73. The molecule has 0 aliphatic carbocycles. The third-order valence-corrected chi connectivity index (χ3v) is 9.92. The molecule has 1 fully saturated rings. The van der Waals surface area contributed by atoms with Gasteiger partial charge in [-0.05, 0) is 60.9 Å². The summed E-state index contributed by atoms with van der Waals surface area (Å²) in [5, 5.41) is 0.994. The quantitative estimate of drug-likeness (QED) is 0.301. The SMILES string of the molecule is CCN(c1ccccc1)S(=O)(=O)c1ccc(C(=O)N2CCN(c3nc4c(C(C)C)cccc4s3)CC2)cc1. The lowest BCUT2D eigenvalue weighted by molar-refractivity contribution is 0.0746. The molecule has 198 valence electrons. The van der Waals surface area contributed by atoms with Crippen molar-refractivity contribution in [3.63, 3.8) is 0 Å². The fraction of sp³-hybridized carbons (Fsp3) is 0.310. The number of para-hydroxylation sites is 2. The first-order chi connectivity index (χ1) is 18.3. The Labute approximate surface area is 228 Å². The molecule has 7 nitrogen and oxygen atoms in total. The van der Waals surface area contributed by atoms with Crippen molar-refractivity contribution in [2.24, 2.45) is 0 Å². The molecule has 1 aromatic heterocycles. The van der Waals surface area contributed by atoms with Crippen molar-refractivity contribution in [2.75, 3.05) is 41.9 Å². The Morgan fingerprint density at radius 1 is 0.947 bits per heavy atom. The highest BCUT2D eigenvalue weighted by molar-refractivity contribution is 7.92. The van der Waals surface area contributed by atoms with Crippen LogP contribution in [0, 0.1) is 0 Å². The summed E-state index contributed by atoms with van der Waals surface area (Å²) in [5.41, 5.74) is 3.43. The summed E-state index contributed by atoms with van der Waals surface area (Å²) in [4.78, 5) is 22.4. The van der Waals surface area contributed by atoms with Gasteiger partial charge in [0.2, 0.25) is 0 Å². The minimum Gasteiger partial charge on any atom is -0.345 e. The number of hydrogen-bond acceptors (Lipinski definition) is 6. The van der Waals surface area contributed by atoms with Crippen LogP contribution in [-0.2, 0) is 10.0 Å². The van der Waals surface area contributed by atoms with Gasteiger partial charge in [-0.2, -0.15) is 0 Å². The number of carbonyl (C=O) groups excluding carboxylic acids is 1. The normalized spacial score (nSPS) is 14.3. The number of benzene rings is 3. The van der Waals surface area contributed by atoms with E-state index in [9.17, 15) is 13.2 Å². The molecular weight excluding hydrogens is 516 g/mol. The highest BCUT2D eigenvalue weighted by Crippen LogP contribution is 2.34. The van der Waals surface area contributed by atoms with Crippen LogP contribution in [0.3, 0.4) is 0 Å². The van der Waals surface area contributed by atoms with Crippen molar-refractivity contribution in [3.05, 3.63) is 83.9 Å². The number of aromatic nitrogens is 1. The fourth-order valence-corrected chi connectivity index (χ4v) is 7.35. The highest BCUT2D eigenvalue weighted by Gasteiger charge is 2.27. The number of rotatable bonds is 7. The highest BCUT2D eigenvalue weighted by atomic mass is 32.2. The van der Waals surface area contributed by atoms with Crippen LogP contribution in [0.15, 0.2) is 77.7 Å². The average molecular weight is 549 g/mol. The minimum absolute atomic E-state index is 0.0876. The number of piperazine rings is 1. The van der Waals surface area contributed by atoms with Gasteiger partial charge in [-0.3, -0.25) is 9.10 Å². The van der Waals surface area contributed by atoms with Crippen LogP contribution in [-0.4, -0.2) is 56.9 Å². The Hall–Kier alpha value is -3.43. The first-order valence-corrected chi connectivity index (χ1v) is 15.2. The van der Waals surface area contributed by atoms with Crippen molar-refractivity contribution in [1.29, 1.82) is 0 Å². The Bertz CT molecular complexity index is 1530. The monoisotopic (exact) mass is 548 g/mol. The number of fused-ring (bicyclic) bond motifs is 1.